The van der Waals surface area contributed by atoms with Gasteiger partial charge < -0.3 is 19.2 Å². The van der Waals surface area contributed by atoms with Crippen LogP contribution in [0, 0.1) is 6.92 Å². The van der Waals surface area contributed by atoms with Crippen molar-refractivity contribution in [3.05, 3.63) is 90.7 Å². The van der Waals surface area contributed by atoms with Crippen LogP contribution in [0.25, 0.3) is 11.0 Å². The molecule has 1 aliphatic heterocycles. The number of ketones is 1. The molecule has 0 saturated heterocycles. The Morgan fingerprint density at radius 3 is 2.75 bits per heavy atom. The third-order valence-corrected chi connectivity index (χ3v) is 7.81. The zero-order chi connectivity index (χ0) is 25.4. The molecule has 0 spiro atoms. The lowest BCUT2D eigenvalue weighted by Gasteiger charge is -2.36. The SMILES string of the molecule is COCCOC(=O)C1=C(C)NC2=C(C(=O)CC(c3cccs3)C2)C1c1coc2ccc(C)cc2c1=O. The van der Waals surface area contributed by atoms with Gasteiger partial charge in [-0.05, 0) is 43.8 Å². The molecule has 7 nitrogen and oxygen atoms in total. The first-order chi connectivity index (χ1) is 17.4. The Hall–Kier alpha value is -3.49. The van der Waals surface area contributed by atoms with E-state index < -0.39 is 11.9 Å². The summed E-state index contributed by atoms with van der Waals surface area (Å²) in [5, 5.41) is 5.72. The predicted octanol–water partition coefficient (Wildman–Crippen LogP) is 4.71. The number of rotatable bonds is 6. The number of ether oxygens (including phenoxy) is 2. The first-order valence-electron chi connectivity index (χ1n) is 11.8. The van der Waals surface area contributed by atoms with Crippen molar-refractivity contribution in [2.45, 2.75) is 38.5 Å². The van der Waals surface area contributed by atoms with Crippen molar-refractivity contribution in [3.63, 3.8) is 0 Å². The van der Waals surface area contributed by atoms with E-state index in [0.29, 0.717) is 35.1 Å². The van der Waals surface area contributed by atoms with E-state index in [9.17, 15) is 14.4 Å². The second-order valence-corrected chi connectivity index (χ2v) is 10.2. The Morgan fingerprint density at radius 1 is 1.17 bits per heavy atom. The lowest BCUT2D eigenvalue weighted by Crippen LogP contribution is -2.37. The molecule has 1 aliphatic carbocycles. The van der Waals surface area contributed by atoms with E-state index in [0.717, 1.165) is 16.1 Å². The monoisotopic (exact) mass is 505 g/mol. The number of carbonyl (C=O) groups excluding carboxylic acids is 2. The zero-order valence-corrected chi connectivity index (χ0v) is 21.2. The van der Waals surface area contributed by atoms with Crippen LogP contribution < -0.4 is 10.7 Å². The van der Waals surface area contributed by atoms with Crippen molar-refractivity contribution in [2.75, 3.05) is 20.3 Å². The molecule has 8 heteroatoms. The third kappa shape index (κ3) is 4.31. The smallest absolute Gasteiger partial charge is 0.336 e. The van der Waals surface area contributed by atoms with Crippen molar-refractivity contribution >= 4 is 34.1 Å². The van der Waals surface area contributed by atoms with Gasteiger partial charge in [0.15, 0.2) is 11.2 Å². The summed E-state index contributed by atoms with van der Waals surface area (Å²) in [5.41, 5.74) is 3.34. The summed E-state index contributed by atoms with van der Waals surface area (Å²) >= 11 is 1.63. The number of benzene rings is 1. The maximum atomic E-state index is 13.7. The second kappa shape index (κ2) is 9.87. The van der Waals surface area contributed by atoms with Crippen LogP contribution >= 0.6 is 11.3 Å². The Labute approximate surface area is 212 Å². The lowest BCUT2D eigenvalue weighted by molar-refractivity contribution is -0.140. The van der Waals surface area contributed by atoms with Gasteiger partial charge in [-0.1, -0.05) is 17.7 Å². The highest BCUT2D eigenvalue weighted by atomic mass is 32.1. The van der Waals surface area contributed by atoms with Gasteiger partial charge in [-0.25, -0.2) is 4.79 Å². The summed E-state index contributed by atoms with van der Waals surface area (Å²) in [4.78, 5) is 41.8. The molecule has 36 heavy (non-hydrogen) atoms. The highest BCUT2D eigenvalue weighted by Crippen LogP contribution is 2.45. The summed E-state index contributed by atoms with van der Waals surface area (Å²) in [6.07, 6.45) is 2.30. The Balaban J connectivity index is 1.66. The molecule has 2 aromatic heterocycles. The van der Waals surface area contributed by atoms with E-state index in [1.165, 1.54) is 13.4 Å². The highest BCUT2D eigenvalue weighted by Gasteiger charge is 2.43. The molecule has 1 aromatic carbocycles. The molecule has 3 heterocycles. The van der Waals surface area contributed by atoms with Crippen LogP contribution in [-0.2, 0) is 19.1 Å². The number of dihydropyridines is 1. The molecule has 0 bridgehead atoms. The van der Waals surface area contributed by atoms with Gasteiger partial charge >= 0.3 is 5.97 Å². The first kappa shape index (κ1) is 24.2. The Bertz CT molecular complexity index is 1460. The van der Waals surface area contributed by atoms with Gasteiger partial charge in [0, 0.05) is 46.9 Å². The van der Waals surface area contributed by atoms with Gasteiger partial charge in [-0.2, -0.15) is 0 Å². The molecule has 3 aromatic rings. The maximum absolute atomic E-state index is 13.7. The molecular formula is C28H27NO6S. The zero-order valence-electron chi connectivity index (χ0n) is 20.4. The minimum absolute atomic E-state index is 0.0445. The molecule has 2 aliphatic rings. The van der Waals surface area contributed by atoms with Crippen LogP contribution in [0.5, 0.6) is 0 Å². The summed E-state index contributed by atoms with van der Waals surface area (Å²) in [7, 11) is 1.52. The molecule has 0 amide bonds. The number of carbonyl (C=O) groups is 2. The number of aryl methyl sites for hydroxylation is 1. The van der Waals surface area contributed by atoms with Gasteiger partial charge in [0.1, 0.15) is 12.2 Å². The minimum Gasteiger partial charge on any atom is -0.464 e. The largest absolute Gasteiger partial charge is 0.464 e. The maximum Gasteiger partial charge on any atom is 0.336 e. The molecule has 5 rings (SSSR count). The highest BCUT2D eigenvalue weighted by molar-refractivity contribution is 7.10. The average Bonchev–Trinajstić information content (AvgIpc) is 3.39. The Kier molecular flexibility index (Phi) is 6.64. The predicted molar refractivity (Wildman–Crippen MR) is 137 cm³/mol. The molecule has 2 unspecified atom stereocenters. The quantitative estimate of drug-likeness (QED) is 0.383. The van der Waals surface area contributed by atoms with Gasteiger partial charge in [0.2, 0.25) is 0 Å². The van der Waals surface area contributed by atoms with Gasteiger partial charge in [-0.3, -0.25) is 9.59 Å². The molecule has 0 radical (unpaired) electrons. The van der Waals surface area contributed by atoms with Crippen LogP contribution in [0.1, 0.15) is 47.6 Å². The first-order valence-corrected chi connectivity index (χ1v) is 12.7. The normalized spacial score (nSPS) is 19.9. The van der Waals surface area contributed by atoms with E-state index in [1.807, 2.05) is 30.5 Å². The van der Waals surface area contributed by atoms with Gasteiger partial charge in [0.05, 0.1) is 29.7 Å². The topological polar surface area (TPSA) is 94.8 Å². The van der Waals surface area contributed by atoms with Crippen molar-refractivity contribution in [1.29, 1.82) is 0 Å². The van der Waals surface area contributed by atoms with E-state index >= 15 is 0 Å². The summed E-state index contributed by atoms with van der Waals surface area (Å²) in [6, 6.07) is 9.41. The average molecular weight is 506 g/mol. The van der Waals surface area contributed by atoms with Crippen molar-refractivity contribution < 1.29 is 23.5 Å². The molecule has 0 saturated carbocycles. The molecular weight excluding hydrogens is 478 g/mol. The van der Waals surface area contributed by atoms with E-state index in [-0.39, 0.29) is 41.5 Å². The number of hydrogen-bond acceptors (Lipinski definition) is 8. The van der Waals surface area contributed by atoms with Crippen molar-refractivity contribution in [3.8, 4) is 0 Å². The standard InChI is InChI=1S/C28H27NO6S/c1-15-6-7-22-18(11-15)27(31)19(14-35-22)25-24(28(32)34-9-8-33-3)16(2)29-20-12-17(13-21(30)26(20)25)23-5-4-10-36-23/h4-7,10-11,14,17,25,29H,8-9,12-13H2,1-3H3. The fraction of sp³-hybridized carbons (Fsp3) is 0.321. The number of allylic oxidation sites excluding steroid dienone is 3. The second-order valence-electron chi connectivity index (χ2n) is 9.18. The third-order valence-electron chi connectivity index (χ3n) is 6.78. The fourth-order valence-corrected chi connectivity index (χ4v) is 5.93. The summed E-state index contributed by atoms with van der Waals surface area (Å²) in [5.74, 6) is -1.52. The lowest BCUT2D eigenvalue weighted by atomic mass is 9.73. The molecule has 186 valence electrons. The van der Waals surface area contributed by atoms with Gasteiger partial charge in [0.25, 0.3) is 0 Å². The number of nitrogens with one attached hydrogen (secondary N) is 1. The van der Waals surface area contributed by atoms with E-state index in [1.54, 1.807) is 30.4 Å². The Morgan fingerprint density at radius 2 is 2.00 bits per heavy atom. The van der Waals surface area contributed by atoms with Crippen LogP contribution in [0.15, 0.2) is 73.7 Å². The van der Waals surface area contributed by atoms with Crippen LogP contribution in [0.3, 0.4) is 0 Å². The number of fused-ring (bicyclic) bond motifs is 1. The van der Waals surface area contributed by atoms with E-state index in [2.05, 4.69) is 5.32 Å². The van der Waals surface area contributed by atoms with Crippen molar-refractivity contribution in [2.24, 2.45) is 0 Å². The molecule has 1 N–H and O–H groups in total. The van der Waals surface area contributed by atoms with Crippen molar-refractivity contribution in [1.82, 2.24) is 5.32 Å². The number of thiophene rings is 1. The number of methoxy groups -OCH3 is 1. The summed E-state index contributed by atoms with van der Waals surface area (Å²) in [6.45, 7) is 3.97. The van der Waals surface area contributed by atoms with E-state index in [4.69, 9.17) is 13.9 Å². The number of esters is 1. The number of Topliss-reactive ketones (excluding diaryl/α,β-unsaturated/α-hetero) is 1. The van der Waals surface area contributed by atoms with Crippen LogP contribution in [0.2, 0.25) is 0 Å². The number of hydrogen-bond donors (Lipinski definition) is 1. The van der Waals surface area contributed by atoms with Crippen LogP contribution in [0.4, 0.5) is 0 Å². The minimum atomic E-state index is -0.880. The molecule has 2 atom stereocenters. The van der Waals surface area contributed by atoms with Crippen LogP contribution in [-0.4, -0.2) is 32.1 Å². The summed E-state index contributed by atoms with van der Waals surface area (Å²) < 4.78 is 16.3. The van der Waals surface area contributed by atoms with Gasteiger partial charge in [-0.15, -0.1) is 11.3 Å². The fourth-order valence-electron chi connectivity index (χ4n) is 5.10. The molecule has 0 fully saturated rings.